The van der Waals surface area contributed by atoms with Crippen LogP contribution in [0.2, 0.25) is 0 Å². The van der Waals surface area contributed by atoms with E-state index in [4.69, 9.17) is 43.9 Å². The lowest BCUT2D eigenvalue weighted by atomic mass is 10.1. The van der Waals surface area contributed by atoms with Crippen molar-refractivity contribution in [2.24, 2.45) is 0 Å². The molecule has 0 aliphatic heterocycles. The molecule has 3 aromatic rings. The molecule has 258 valence electrons. The van der Waals surface area contributed by atoms with E-state index in [2.05, 4.69) is 51.3 Å². The van der Waals surface area contributed by atoms with E-state index in [1.165, 1.54) is 5.56 Å². The van der Waals surface area contributed by atoms with Gasteiger partial charge in [0.25, 0.3) is 5.88 Å². The Morgan fingerprint density at radius 3 is 1.91 bits per heavy atom. The number of ether oxygens (including phenoxy) is 7. The van der Waals surface area contributed by atoms with Crippen LogP contribution in [0.1, 0.15) is 50.6 Å². The van der Waals surface area contributed by atoms with Crippen LogP contribution in [0.4, 0.5) is 5.82 Å². The molecular weight excluding hydrogens is 592 g/mol. The molecule has 0 atom stereocenters. The maximum absolute atomic E-state index is 6.18. The van der Waals surface area contributed by atoms with E-state index in [1.54, 1.807) is 7.11 Å². The number of anilines is 1. The monoisotopic (exact) mass is 646 g/mol. The van der Waals surface area contributed by atoms with E-state index < -0.39 is 0 Å². The summed E-state index contributed by atoms with van der Waals surface area (Å²) >= 11 is 0. The third-order valence-corrected chi connectivity index (χ3v) is 6.88. The van der Waals surface area contributed by atoms with Gasteiger partial charge in [-0.3, -0.25) is 0 Å². The molecule has 46 heavy (non-hydrogen) atoms. The molecule has 0 bridgehead atoms. The van der Waals surface area contributed by atoms with Crippen LogP contribution in [0, 0.1) is 0 Å². The van der Waals surface area contributed by atoms with E-state index in [9.17, 15) is 0 Å². The lowest BCUT2D eigenvalue weighted by Gasteiger charge is -2.14. The molecule has 0 fully saturated rings. The van der Waals surface area contributed by atoms with Crippen LogP contribution in [-0.2, 0) is 47.9 Å². The molecule has 0 saturated carbocycles. The number of fused-ring (bicyclic) bond motifs is 1. The van der Waals surface area contributed by atoms with Crippen LogP contribution in [0.25, 0.3) is 11.0 Å². The molecule has 3 rings (SSSR count). The Balaban J connectivity index is 1.30. The molecule has 0 radical (unpaired) electrons. The summed E-state index contributed by atoms with van der Waals surface area (Å²) in [5.41, 5.74) is 9.99. The second-order valence-electron chi connectivity index (χ2n) is 11.0. The van der Waals surface area contributed by atoms with Crippen LogP contribution < -0.4 is 15.8 Å². The smallest absolute Gasteiger partial charge is 0.260 e. The molecule has 13 nitrogen and oxygen atoms in total. The number of nitrogens with two attached hydrogens (primary N) is 1. The fraction of sp³-hybridized carbons (Fsp3) is 0.667. The molecule has 0 aliphatic carbocycles. The molecule has 2 aromatic heterocycles. The van der Waals surface area contributed by atoms with Crippen molar-refractivity contribution in [2.45, 2.75) is 59.2 Å². The van der Waals surface area contributed by atoms with Crippen molar-refractivity contribution in [2.75, 3.05) is 92.1 Å². The van der Waals surface area contributed by atoms with E-state index in [-0.39, 0.29) is 6.10 Å². The van der Waals surface area contributed by atoms with Crippen molar-refractivity contribution in [1.82, 2.24) is 25.1 Å². The highest BCUT2D eigenvalue weighted by atomic mass is 16.6. The zero-order chi connectivity index (χ0) is 32.8. The second-order valence-corrected chi connectivity index (χ2v) is 11.0. The average molecular weight is 647 g/mol. The Labute approximate surface area is 273 Å². The number of rotatable bonds is 27. The lowest BCUT2D eigenvalue weighted by molar-refractivity contribution is -0.0144. The lowest BCUT2D eigenvalue weighted by Crippen LogP contribution is -2.20. The number of benzene rings is 1. The topological polar surface area (TPSA) is 146 Å². The maximum atomic E-state index is 6.18. The number of nitrogens with one attached hydrogen (secondary N) is 1. The number of aromatic nitrogens is 4. The summed E-state index contributed by atoms with van der Waals surface area (Å²) < 4.78 is 40.5. The Morgan fingerprint density at radius 2 is 1.35 bits per heavy atom. The highest BCUT2D eigenvalue weighted by molar-refractivity contribution is 5.88. The Hall–Kier alpha value is -2.91. The molecule has 0 unspecified atom stereocenters. The van der Waals surface area contributed by atoms with Gasteiger partial charge >= 0.3 is 0 Å². The van der Waals surface area contributed by atoms with Crippen molar-refractivity contribution in [3.8, 4) is 5.88 Å². The zero-order valence-electron chi connectivity index (χ0n) is 28.1. The van der Waals surface area contributed by atoms with Crippen molar-refractivity contribution < 1.29 is 33.2 Å². The summed E-state index contributed by atoms with van der Waals surface area (Å²) in [5, 5.41) is 11.8. The van der Waals surface area contributed by atoms with E-state index >= 15 is 0 Å². The zero-order valence-corrected chi connectivity index (χ0v) is 28.1. The van der Waals surface area contributed by atoms with Gasteiger partial charge in [0.15, 0.2) is 5.82 Å². The first-order chi connectivity index (χ1) is 22.5. The SMILES string of the molecule is CCCCc1nc2c(N)nnc(OC(C)C)c2n1Cc1ccc(CNCCOCCOCCOCCOCCOCCOC)cc1. The number of hydrogen-bond acceptors (Lipinski definition) is 12. The van der Waals surface area contributed by atoms with Crippen LogP contribution in [0.15, 0.2) is 24.3 Å². The third kappa shape index (κ3) is 13.8. The molecule has 0 aliphatic rings. The minimum absolute atomic E-state index is 0.0425. The number of imidazole rings is 1. The molecule has 0 spiro atoms. The highest BCUT2D eigenvalue weighted by Gasteiger charge is 2.20. The summed E-state index contributed by atoms with van der Waals surface area (Å²) in [5.74, 6) is 1.75. The van der Waals surface area contributed by atoms with Gasteiger partial charge in [-0.2, -0.15) is 0 Å². The third-order valence-electron chi connectivity index (χ3n) is 6.88. The maximum Gasteiger partial charge on any atom is 0.260 e. The van der Waals surface area contributed by atoms with E-state index in [0.717, 1.165) is 49.3 Å². The first-order valence-corrected chi connectivity index (χ1v) is 16.4. The van der Waals surface area contributed by atoms with Gasteiger partial charge in [0.2, 0.25) is 0 Å². The second kappa shape index (κ2) is 22.6. The van der Waals surface area contributed by atoms with Crippen LogP contribution in [-0.4, -0.2) is 112 Å². The van der Waals surface area contributed by atoms with Crippen molar-refractivity contribution >= 4 is 16.9 Å². The van der Waals surface area contributed by atoms with Gasteiger partial charge in [0, 0.05) is 33.2 Å². The Bertz CT molecular complexity index is 1230. The summed E-state index contributed by atoms with van der Waals surface area (Å²) in [6.45, 7) is 14.4. The van der Waals surface area contributed by atoms with Crippen LogP contribution in [0.5, 0.6) is 5.88 Å². The van der Waals surface area contributed by atoms with Gasteiger partial charge in [0.05, 0.1) is 78.8 Å². The largest absolute Gasteiger partial charge is 0.472 e. The first-order valence-electron chi connectivity index (χ1n) is 16.4. The summed E-state index contributed by atoms with van der Waals surface area (Å²) in [4.78, 5) is 4.85. The predicted molar refractivity (Wildman–Crippen MR) is 177 cm³/mol. The number of aryl methyl sites for hydroxylation is 1. The molecule has 0 amide bonds. The van der Waals surface area contributed by atoms with Crippen LogP contribution in [0.3, 0.4) is 0 Å². The minimum Gasteiger partial charge on any atom is -0.472 e. The fourth-order valence-electron chi connectivity index (χ4n) is 4.53. The quantitative estimate of drug-likeness (QED) is 0.117. The first kappa shape index (κ1) is 37.5. The van der Waals surface area contributed by atoms with Gasteiger partial charge in [0.1, 0.15) is 16.9 Å². The summed E-state index contributed by atoms with van der Waals surface area (Å²) in [6.07, 6.45) is 2.91. The Kier molecular flexibility index (Phi) is 18.4. The number of hydrogen-bond donors (Lipinski definition) is 2. The van der Waals surface area contributed by atoms with Gasteiger partial charge < -0.3 is 48.8 Å². The highest BCUT2D eigenvalue weighted by Crippen LogP contribution is 2.29. The number of methoxy groups -OCH3 is 1. The van der Waals surface area contributed by atoms with Gasteiger partial charge in [-0.05, 0) is 31.4 Å². The molecule has 2 heterocycles. The summed E-state index contributed by atoms with van der Waals surface area (Å²) in [7, 11) is 1.65. The molecule has 3 N–H and O–H groups in total. The van der Waals surface area contributed by atoms with Gasteiger partial charge in [-0.25, -0.2) is 4.98 Å². The van der Waals surface area contributed by atoms with Gasteiger partial charge in [-0.1, -0.05) is 37.6 Å². The number of nitrogens with zero attached hydrogens (tertiary/aromatic N) is 4. The van der Waals surface area contributed by atoms with Crippen molar-refractivity contribution in [1.29, 1.82) is 0 Å². The molecular formula is C33H54N6O7. The molecule has 13 heteroatoms. The average Bonchev–Trinajstić information content (AvgIpc) is 3.41. The van der Waals surface area contributed by atoms with E-state index in [0.29, 0.717) is 96.4 Å². The fourth-order valence-corrected chi connectivity index (χ4v) is 4.53. The molecule has 1 aromatic carbocycles. The Morgan fingerprint density at radius 1 is 0.783 bits per heavy atom. The van der Waals surface area contributed by atoms with Crippen LogP contribution >= 0.6 is 0 Å². The summed E-state index contributed by atoms with van der Waals surface area (Å²) in [6, 6.07) is 8.60. The van der Waals surface area contributed by atoms with Crippen molar-refractivity contribution in [3.63, 3.8) is 0 Å². The number of unbranched alkanes of at least 4 members (excludes halogenated alkanes) is 1. The number of nitrogen functional groups attached to an aromatic ring is 1. The normalized spacial score (nSPS) is 11.7. The minimum atomic E-state index is -0.0425. The van der Waals surface area contributed by atoms with Gasteiger partial charge in [-0.15, -0.1) is 10.2 Å². The van der Waals surface area contributed by atoms with E-state index in [1.807, 2.05) is 13.8 Å². The van der Waals surface area contributed by atoms with Crippen molar-refractivity contribution in [3.05, 3.63) is 41.2 Å². The standard InChI is InChI=1S/C33H54N6O7/c1-5-6-7-29-36-30-31(33(46-26(2)3)38-37-32(30)34)39(29)25-28-10-8-27(9-11-28)24-35-12-13-41-16-17-43-20-21-45-23-22-44-19-18-42-15-14-40-4/h8-11,26,35H,5-7,12-25H2,1-4H3,(H2,34,37). The predicted octanol–water partition coefficient (Wildman–Crippen LogP) is 3.41. The molecule has 0 saturated heterocycles.